The number of nitrogens with zero attached hydrogens (tertiary/aromatic N) is 1. The van der Waals surface area contributed by atoms with Gasteiger partial charge in [0.05, 0.1) is 5.52 Å². The number of fused-ring (bicyclic) bond motifs is 1. The van der Waals surface area contributed by atoms with Crippen LogP contribution in [0.1, 0.15) is 15.9 Å². The smallest absolute Gasteiger partial charge is 0.251 e. The minimum atomic E-state index is -0.106. The maximum absolute atomic E-state index is 12.9. The molecule has 0 N–H and O–H groups in total. The van der Waals surface area contributed by atoms with Crippen molar-refractivity contribution in [3.63, 3.8) is 0 Å². The van der Waals surface area contributed by atoms with Crippen molar-refractivity contribution in [3.05, 3.63) is 103 Å². The molecule has 0 fully saturated rings. The first-order chi connectivity index (χ1) is 13.9. The molecule has 0 saturated carbocycles. The Labute approximate surface area is 187 Å². The Balaban J connectivity index is 1.82. The highest BCUT2D eigenvalue weighted by molar-refractivity contribution is 14.1. The number of Topliss-reactive ketones (excluding diaryl/α,β-unsaturated/α-hetero) is 1. The van der Waals surface area contributed by atoms with E-state index in [4.69, 9.17) is 11.6 Å². The highest BCUT2D eigenvalue weighted by atomic mass is 127. The Morgan fingerprint density at radius 1 is 1.00 bits per heavy atom. The van der Waals surface area contributed by atoms with E-state index >= 15 is 0 Å². The van der Waals surface area contributed by atoms with Crippen molar-refractivity contribution in [2.75, 3.05) is 0 Å². The van der Waals surface area contributed by atoms with Gasteiger partial charge in [-0.05, 0) is 81.7 Å². The van der Waals surface area contributed by atoms with Gasteiger partial charge >= 0.3 is 0 Å². The minimum Gasteiger partial charge on any atom is -0.311 e. The third-order valence-electron chi connectivity index (χ3n) is 4.98. The standard InChI is InChI=1S/C24H17ClINO2/c1-27-22-10-7-17(23(28)11-15-5-8-19(26)9-6-15)13-21(22)20(14-24(27)29)16-3-2-4-18(25)12-16/h2-10,12-14H,11H2,1H3. The number of hydrogen-bond donors (Lipinski definition) is 0. The van der Waals surface area contributed by atoms with Gasteiger partial charge < -0.3 is 4.57 Å². The van der Waals surface area contributed by atoms with Gasteiger partial charge in [0.2, 0.25) is 0 Å². The van der Waals surface area contributed by atoms with Crippen molar-refractivity contribution in [2.45, 2.75) is 6.42 Å². The maximum Gasteiger partial charge on any atom is 0.251 e. The Kier molecular flexibility index (Phi) is 5.56. The molecule has 0 aliphatic rings. The summed E-state index contributed by atoms with van der Waals surface area (Å²) in [5.41, 5.74) is 3.89. The fourth-order valence-corrected chi connectivity index (χ4v) is 3.97. The van der Waals surface area contributed by atoms with E-state index in [9.17, 15) is 9.59 Å². The highest BCUT2D eigenvalue weighted by Gasteiger charge is 2.13. The van der Waals surface area contributed by atoms with Gasteiger partial charge in [-0.1, -0.05) is 35.9 Å². The average Bonchev–Trinajstić information content (AvgIpc) is 2.72. The van der Waals surface area contributed by atoms with Crippen LogP contribution in [0.5, 0.6) is 0 Å². The molecule has 0 unspecified atom stereocenters. The number of benzene rings is 3. The number of halogens is 2. The molecule has 0 aliphatic heterocycles. The minimum absolute atomic E-state index is 0.0407. The summed E-state index contributed by atoms with van der Waals surface area (Å²) in [6.07, 6.45) is 0.334. The van der Waals surface area contributed by atoms with Gasteiger partial charge in [0.1, 0.15) is 0 Å². The van der Waals surface area contributed by atoms with Crippen molar-refractivity contribution in [1.82, 2.24) is 4.57 Å². The van der Waals surface area contributed by atoms with Gasteiger partial charge in [0, 0.05) is 39.1 Å². The highest BCUT2D eigenvalue weighted by Crippen LogP contribution is 2.30. The molecule has 0 amide bonds. The molecule has 4 rings (SSSR count). The van der Waals surface area contributed by atoms with E-state index in [2.05, 4.69) is 22.6 Å². The van der Waals surface area contributed by atoms with E-state index in [0.29, 0.717) is 17.0 Å². The first-order valence-electron chi connectivity index (χ1n) is 9.10. The van der Waals surface area contributed by atoms with Crippen molar-refractivity contribution in [2.24, 2.45) is 7.05 Å². The van der Waals surface area contributed by atoms with Crippen LogP contribution in [-0.2, 0) is 13.5 Å². The molecule has 3 nitrogen and oxygen atoms in total. The molecule has 0 atom stereocenters. The monoisotopic (exact) mass is 513 g/mol. The van der Waals surface area contributed by atoms with Gasteiger partial charge in [-0.3, -0.25) is 9.59 Å². The Bertz CT molecular complexity index is 1290. The quantitative estimate of drug-likeness (QED) is 0.252. The third-order valence-corrected chi connectivity index (χ3v) is 5.94. The fraction of sp³-hybridized carbons (Fsp3) is 0.0833. The summed E-state index contributed by atoms with van der Waals surface area (Å²) in [4.78, 5) is 25.4. The Hall–Kier alpha value is -2.44. The van der Waals surface area contributed by atoms with Crippen LogP contribution in [0, 0.1) is 3.57 Å². The fourth-order valence-electron chi connectivity index (χ4n) is 3.42. The molecule has 0 radical (unpaired) electrons. The van der Waals surface area contributed by atoms with E-state index in [1.807, 2.05) is 54.6 Å². The number of carbonyl (C=O) groups is 1. The summed E-state index contributed by atoms with van der Waals surface area (Å²) >= 11 is 8.41. The molecule has 0 bridgehead atoms. The summed E-state index contributed by atoms with van der Waals surface area (Å²) in [6, 6.07) is 22.4. The van der Waals surface area contributed by atoms with Crippen LogP contribution in [0.3, 0.4) is 0 Å². The summed E-state index contributed by atoms with van der Waals surface area (Å²) in [5, 5.41) is 1.45. The Morgan fingerprint density at radius 3 is 2.48 bits per heavy atom. The lowest BCUT2D eigenvalue weighted by Crippen LogP contribution is -2.16. The molecule has 0 aliphatic carbocycles. The van der Waals surface area contributed by atoms with Crippen molar-refractivity contribution >= 4 is 50.9 Å². The number of rotatable bonds is 4. The predicted octanol–water partition coefficient (Wildman–Crippen LogP) is 5.89. The van der Waals surface area contributed by atoms with E-state index in [0.717, 1.165) is 31.2 Å². The van der Waals surface area contributed by atoms with Gasteiger partial charge in [-0.2, -0.15) is 0 Å². The van der Waals surface area contributed by atoms with E-state index < -0.39 is 0 Å². The van der Waals surface area contributed by atoms with Crippen LogP contribution < -0.4 is 5.56 Å². The number of aryl methyl sites for hydroxylation is 1. The average molecular weight is 514 g/mol. The number of pyridine rings is 1. The maximum atomic E-state index is 12.9. The molecule has 4 aromatic rings. The van der Waals surface area contributed by atoms with Crippen molar-refractivity contribution in [1.29, 1.82) is 0 Å². The lowest BCUT2D eigenvalue weighted by atomic mass is 9.96. The number of carbonyl (C=O) groups excluding carboxylic acids is 1. The summed E-state index contributed by atoms with van der Waals surface area (Å²) < 4.78 is 2.73. The number of hydrogen-bond acceptors (Lipinski definition) is 2. The second kappa shape index (κ2) is 8.13. The SMILES string of the molecule is Cn1c(=O)cc(-c2cccc(Cl)c2)c2cc(C(=O)Cc3ccc(I)cc3)ccc21. The van der Waals surface area contributed by atoms with Crippen LogP contribution in [0.25, 0.3) is 22.0 Å². The molecule has 0 spiro atoms. The molecule has 29 heavy (non-hydrogen) atoms. The van der Waals surface area contributed by atoms with Gasteiger partial charge in [-0.15, -0.1) is 0 Å². The topological polar surface area (TPSA) is 39.1 Å². The number of aromatic nitrogens is 1. The van der Waals surface area contributed by atoms with E-state index in [1.165, 1.54) is 0 Å². The molecule has 1 aromatic heterocycles. The lowest BCUT2D eigenvalue weighted by molar-refractivity contribution is 0.0993. The van der Waals surface area contributed by atoms with Crippen LogP contribution in [0.4, 0.5) is 0 Å². The van der Waals surface area contributed by atoms with Crippen LogP contribution in [0.15, 0.2) is 77.6 Å². The molecular weight excluding hydrogens is 497 g/mol. The molecule has 1 heterocycles. The normalized spacial score (nSPS) is 11.0. The zero-order valence-corrected chi connectivity index (χ0v) is 18.6. The second-order valence-corrected chi connectivity index (χ2v) is 8.61. The summed E-state index contributed by atoms with van der Waals surface area (Å²) in [6.45, 7) is 0. The molecule has 3 aromatic carbocycles. The predicted molar refractivity (Wildman–Crippen MR) is 127 cm³/mol. The molecule has 0 saturated heterocycles. The number of ketones is 1. The molecular formula is C24H17ClINO2. The van der Waals surface area contributed by atoms with Gasteiger partial charge in [0.15, 0.2) is 5.78 Å². The zero-order valence-electron chi connectivity index (χ0n) is 15.7. The van der Waals surface area contributed by atoms with Crippen LogP contribution >= 0.6 is 34.2 Å². The van der Waals surface area contributed by atoms with Crippen molar-refractivity contribution in [3.8, 4) is 11.1 Å². The first-order valence-corrected chi connectivity index (χ1v) is 10.6. The second-order valence-electron chi connectivity index (χ2n) is 6.92. The lowest BCUT2D eigenvalue weighted by Gasteiger charge is -2.12. The van der Waals surface area contributed by atoms with Gasteiger partial charge in [0.25, 0.3) is 5.56 Å². The van der Waals surface area contributed by atoms with E-state index in [1.54, 1.807) is 29.8 Å². The Morgan fingerprint density at radius 2 is 1.76 bits per heavy atom. The van der Waals surface area contributed by atoms with Crippen LogP contribution in [-0.4, -0.2) is 10.4 Å². The summed E-state index contributed by atoms with van der Waals surface area (Å²) in [5.74, 6) is 0.0407. The first kappa shape index (κ1) is 19.9. The zero-order chi connectivity index (χ0) is 20.5. The third kappa shape index (κ3) is 4.14. The van der Waals surface area contributed by atoms with Crippen molar-refractivity contribution < 1.29 is 4.79 Å². The molecule has 144 valence electrons. The van der Waals surface area contributed by atoms with Gasteiger partial charge in [-0.25, -0.2) is 0 Å². The van der Waals surface area contributed by atoms with Crippen LogP contribution in [0.2, 0.25) is 5.02 Å². The molecule has 5 heteroatoms. The summed E-state index contributed by atoms with van der Waals surface area (Å²) in [7, 11) is 1.74. The van der Waals surface area contributed by atoms with E-state index in [-0.39, 0.29) is 11.3 Å². The largest absolute Gasteiger partial charge is 0.311 e.